The first-order valence-electron chi connectivity index (χ1n) is 9.68. The lowest BCUT2D eigenvalue weighted by Gasteiger charge is -2.24. The van der Waals surface area contributed by atoms with Crippen LogP contribution in [0.2, 0.25) is 0 Å². The van der Waals surface area contributed by atoms with Crippen molar-refractivity contribution in [1.82, 2.24) is 25.1 Å². The van der Waals surface area contributed by atoms with Gasteiger partial charge in [-0.1, -0.05) is 12.1 Å². The largest absolute Gasteiger partial charge is 0.481 e. The standard InChI is InChI=1S/C21H22N6O2/c1-28-21-16(12-25-27(21)14-6-8-23-9-7-14)13-10-15(19(22)24-11-13)20-26-17-4-2-3-5-18(17)29-20/h2-5,10-12,14,23H,6-9H2,1H3,(H2,22,24). The van der Waals surface area contributed by atoms with Gasteiger partial charge in [0.25, 0.3) is 0 Å². The van der Waals surface area contributed by atoms with E-state index in [4.69, 9.17) is 14.9 Å². The molecular weight excluding hydrogens is 368 g/mol. The average Bonchev–Trinajstić information content (AvgIpc) is 3.39. The molecule has 1 aliphatic rings. The normalized spacial score (nSPS) is 15.1. The van der Waals surface area contributed by atoms with Gasteiger partial charge >= 0.3 is 0 Å². The fourth-order valence-corrected chi connectivity index (χ4v) is 3.85. The highest BCUT2D eigenvalue weighted by Gasteiger charge is 2.23. The monoisotopic (exact) mass is 390 g/mol. The minimum Gasteiger partial charge on any atom is -0.481 e. The van der Waals surface area contributed by atoms with Crippen LogP contribution in [0.4, 0.5) is 5.82 Å². The molecule has 0 radical (unpaired) electrons. The van der Waals surface area contributed by atoms with Gasteiger partial charge in [-0.05, 0) is 44.1 Å². The topological polar surface area (TPSA) is 104 Å². The Kier molecular flexibility index (Phi) is 4.40. The summed E-state index contributed by atoms with van der Waals surface area (Å²) in [6.45, 7) is 1.96. The zero-order valence-corrected chi connectivity index (χ0v) is 16.1. The molecule has 0 atom stereocenters. The molecule has 8 heteroatoms. The quantitative estimate of drug-likeness (QED) is 0.551. The van der Waals surface area contributed by atoms with E-state index in [-0.39, 0.29) is 0 Å². The number of para-hydroxylation sites is 2. The van der Waals surface area contributed by atoms with E-state index in [1.54, 1.807) is 13.3 Å². The van der Waals surface area contributed by atoms with Gasteiger partial charge in [-0.3, -0.25) is 0 Å². The number of nitrogens with zero attached hydrogens (tertiary/aromatic N) is 4. The molecule has 4 heterocycles. The molecule has 0 aliphatic carbocycles. The number of aromatic nitrogens is 4. The molecule has 29 heavy (non-hydrogen) atoms. The zero-order valence-electron chi connectivity index (χ0n) is 16.1. The lowest BCUT2D eigenvalue weighted by Crippen LogP contribution is -2.30. The molecule has 0 amide bonds. The van der Waals surface area contributed by atoms with Crippen molar-refractivity contribution in [3.63, 3.8) is 0 Å². The van der Waals surface area contributed by atoms with Gasteiger partial charge in [0, 0.05) is 11.8 Å². The molecule has 1 fully saturated rings. The van der Waals surface area contributed by atoms with E-state index in [9.17, 15) is 0 Å². The third-order valence-electron chi connectivity index (χ3n) is 5.35. The summed E-state index contributed by atoms with van der Waals surface area (Å²) in [5.41, 5.74) is 10.0. The number of piperidine rings is 1. The Labute approximate surface area is 167 Å². The number of pyridine rings is 1. The van der Waals surface area contributed by atoms with Crippen LogP contribution in [0.5, 0.6) is 5.88 Å². The maximum Gasteiger partial charge on any atom is 0.231 e. The van der Waals surface area contributed by atoms with Crippen LogP contribution >= 0.6 is 0 Å². The predicted molar refractivity (Wildman–Crippen MR) is 111 cm³/mol. The van der Waals surface area contributed by atoms with Gasteiger partial charge in [0.2, 0.25) is 11.8 Å². The first-order chi connectivity index (χ1) is 14.2. The van der Waals surface area contributed by atoms with E-state index in [0.717, 1.165) is 48.5 Å². The summed E-state index contributed by atoms with van der Waals surface area (Å²) in [4.78, 5) is 8.93. The Bertz CT molecular complexity index is 1130. The number of fused-ring (bicyclic) bond motifs is 1. The minimum absolute atomic E-state index is 0.318. The van der Waals surface area contributed by atoms with Gasteiger partial charge in [-0.2, -0.15) is 5.10 Å². The number of nitrogens with two attached hydrogens (primary N) is 1. The van der Waals surface area contributed by atoms with Crippen molar-refractivity contribution in [3.8, 4) is 28.5 Å². The van der Waals surface area contributed by atoms with Gasteiger partial charge in [0.05, 0.1) is 30.5 Å². The number of rotatable bonds is 4. The van der Waals surface area contributed by atoms with Gasteiger partial charge in [-0.15, -0.1) is 0 Å². The number of ether oxygens (including phenoxy) is 1. The second-order valence-electron chi connectivity index (χ2n) is 7.14. The Morgan fingerprint density at radius 1 is 1.17 bits per heavy atom. The molecule has 3 aromatic heterocycles. The van der Waals surface area contributed by atoms with Crippen LogP contribution in [-0.4, -0.2) is 39.9 Å². The summed E-state index contributed by atoms with van der Waals surface area (Å²) in [7, 11) is 1.67. The molecule has 0 unspecified atom stereocenters. The Morgan fingerprint density at radius 3 is 2.79 bits per heavy atom. The van der Waals surface area contributed by atoms with Crippen LogP contribution in [0.1, 0.15) is 18.9 Å². The van der Waals surface area contributed by atoms with Crippen molar-refractivity contribution in [2.75, 3.05) is 25.9 Å². The minimum atomic E-state index is 0.318. The fraction of sp³-hybridized carbons (Fsp3) is 0.286. The molecular formula is C21H22N6O2. The van der Waals surface area contributed by atoms with Crippen LogP contribution in [0.25, 0.3) is 33.7 Å². The third kappa shape index (κ3) is 3.11. The van der Waals surface area contributed by atoms with Crippen molar-refractivity contribution in [2.24, 2.45) is 0 Å². The first kappa shape index (κ1) is 17.7. The van der Waals surface area contributed by atoms with E-state index >= 15 is 0 Å². The number of methoxy groups -OCH3 is 1. The van der Waals surface area contributed by atoms with Crippen molar-refractivity contribution in [2.45, 2.75) is 18.9 Å². The molecule has 1 saturated heterocycles. The summed E-state index contributed by atoms with van der Waals surface area (Å²) in [6, 6.07) is 9.87. The number of nitrogen functional groups attached to an aromatic ring is 1. The highest BCUT2D eigenvalue weighted by atomic mass is 16.5. The number of hydrogen-bond acceptors (Lipinski definition) is 7. The highest BCUT2D eigenvalue weighted by Crippen LogP contribution is 2.37. The Morgan fingerprint density at radius 2 is 2.00 bits per heavy atom. The summed E-state index contributed by atoms with van der Waals surface area (Å²) in [5, 5.41) is 7.99. The van der Waals surface area contributed by atoms with Gasteiger partial charge < -0.3 is 20.2 Å². The highest BCUT2D eigenvalue weighted by molar-refractivity contribution is 5.81. The average molecular weight is 390 g/mol. The summed E-state index contributed by atoms with van der Waals surface area (Å²) >= 11 is 0. The smallest absolute Gasteiger partial charge is 0.231 e. The van der Waals surface area contributed by atoms with Gasteiger partial charge in [0.1, 0.15) is 11.3 Å². The van der Waals surface area contributed by atoms with E-state index in [0.29, 0.717) is 28.9 Å². The van der Waals surface area contributed by atoms with Gasteiger partial charge in [-0.25, -0.2) is 14.6 Å². The van der Waals surface area contributed by atoms with Crippen LogP contribution in [0.3, 0.4) is 0 Å². The summed E-state index contributed by atoms with van der Waals surface area (Å²) in [5.74, 6) is 1.54. The molecule has 5 rings (SSSR count). The number of hydrogen-bond donors (Lipinski definition) is 2. The second kappa shape index (κ2) is 7.21. The molecule has 3 N–H and O–H groups in total. The Hall–Kier alpha value is -3.39. The molecule has 1 aromatic carbocycles. The molecule has 4 aromatic rings. The van der Waals surface area contributed by atoms with Crippen molar-refractivity contribution >= 4 is 16.9 Å². The summed E-state index contributed by atoms with van der Waals surface area (Å²) in [6.07, 6.45) is 5.59. The molecule has 8 nitrogen and oxygen atoms in total. The number of anilines is 1. The van der Waals surface area contributed by atoms with Crippen molar-refractivity contribution in [3.05, 3.63) is 42.7 Å². The maximum atomic E-state index is 6.14. The van der Waals surface area contributed by atoms with E-state index < -0.39 is 0 Å². The molecule has 0 spiro atoms. The van der Waals surface area contributed by atoms with Crippen LogP contribution in [-0.2, 0) is 0 Å². The second-order valence-corrected chi connectivity index (χ2v) is 7.14. The fourth-order valence-electron chi connectivity index (χ4n) is 3.85. The third-order valence-corrected chi connectivity index (χ3v) is 5.35. The van der Waals surface area contributed by atoms with E-state index in [1.165, 1.54) is 0 Å². The lowest BCUT2D eigenvalue weighted by atomic mass is 10.1. The Balaban J connectivity index is 1.57. The van der Waals surface area contributed by atoms with Crippen LogP contribution < -0.4 is 15.8 Å². The van der Waals surface area contributed by atoms with Crippen molar-refractivity contribution < 1.29 is 9.15 Å². The molecule has 0 saturated carbocycles. The SMILES string of the molecule is COc1c(-c2cnc(N)c(-c3nc4ccccc4o3)c2)cnn1C1CCNCC1. The molecule has 148 valence electrons. The molecule has 0 bridgehead atoms. The summed E-state index contributed by atoms with van der Waals surface area (Å²) < 4.78 is 13.6. The van der Waals surface area contributed by atoms with Crippen LogP contribution in [0.15, 0.2) is 47.1 Å². The molecule has 1 aliphatic heterocycles. The first-order valence-corrected chi connectivity index (χ1v) is 9.68. The lowest BCUT2D eigenvalue weighted by molar-refractivity contribution is 0.289. The number of oxazole rings is 1. The van der Waals surface area contributed by atoms with Crippen LogP contribution in [0, 0.1) is 0 Å². The van der Waals surface area contributed by atoms with Gasteiger partial charge in [0.15, 0.2) is 5.58 Å². The van der Waals surface area contributed by atoms with Crippen molar-refractivity contribution in [1.29, 1.82) is 0 Å². The number of benzene rings is 1. The van der Waals surface area contributed by atoms with E-state index in [1.807, 2.05) is 41.2 Å². The number of nitrogens with one attached hydrogen (secondary N) is 1. The maximum absolute atomic E-state index is 6.14. The predicted octanol–water partition coefficient (Wildman–Crippen LogP) is 3.27. The van der Waals surface area contributed by atoms with E-state index in [2.05, 4.69) is 20.4 Å². The zero-order chi connectivity index (χ0) is 19.8.